The summed E-state index contributed by atoms with van der Waals surface area (Å²) in [6, 6.07) is 11.7. The maximum Gasteiger partial charge on any atom is 0.327 e. The minimum Gasteiger partial charge on any atom is -0.303 e. The summed E-state index contributed by atoms with van der Waals surface area (Å²) in [6.07, 6.45) is 7.53. The lowest BCUT2D eigenvalue weighted by Crippen LogP contribution is -2.18. The summed E-state index contributed by atoms with van der Waals surface area (Å²) in [6.45, 7) is 0.518. The van der Waals surface area contributed by atoms with Crippen LogP contribution in [0.2, 0.25) is 0 Å². The molecule has 0 fully saturated rings. The number of nitrogens with zero attached hydrogens (tertiary/aromatic N) is 6. The van der Waals surface area contributed by atoms with E-state index in [1.807, 2.05) is 41.0 Å². The molecule has 8 heteroatoms. The second-order valence-corrected chi connectivity index (χ2v) is 6.20. The summed E-state index contributed by atoms with van der Waals surface area (Å²) in [5, 5.41) is 0. The van der Waals surface area contributed by atoms with E-state index < -0.39 is 0 Å². The van der Waals surface area contributed by atoms with Gasteiger partial charge in [0.15, 0.2) is 5.65 Å². The Morgan fingerprint density at radius 1 is 1.04 bits per heavy atom. The van der Waals surface area contributed by atoms with Crippen LogP contribution < -0.4 is 5.69 Å². The first-order chi connectivity index (χ1) is 13.3. The van der Waals surface area contributed by atoms with Crippen molar-refractivity contribution in [3.05, 3.63) is 77.4 Å². The molecule has 27 heavy (non-hydrogen) atoms. The average Bonchev–Trinajstić information content (AvgIpc) is 3.27. The third-order valence-electron chi connectivity index (χ3n) is 4.54. The minimum atomic E-state index is -0.194. The molecule has 4 heterocycles. The van der Waals surface area contributed by atoms with Gasteiger partial charge in [-0.25, -0.2) is 14.8 Å². The van der Waals surface area contributed by atoms with Gasteiger partial charge in [0.05, 0.1) is 17.2 Å². The molecule has 5 rings (SSSR count). The molecule has 0 saturated heterocycles. The van der Waals surface area contributed by atoms with E-state index in [-0.39, 0.29) is 5.69 Å². The maximum absolute atomic E-state index is 12.4. The van der Waals surface area contributed by atoms with Crippen LogP contribution in [-0.2, 0) is 13.0 Å². The lowest BCUT2D eigenvalue weighted by Gasteiger charge is -2.05. The molecule has 0 atom stereocenters. The van der Waals surface area contributed by atoms with Crippen LogP contribution in [-0.4, -0.2) is 34.1 Å². The number of para-hydroxylation sites is 2. The van der Waals surface area contributed by atoms with E-state index in [9.17, 15) is 4.79 Å². The first kappa shape index (κ1) is 15.4. The zero-order valence-electron chi connectivity index (χ0n) is 14.3. The highest BCUT2D eigenvalue weighted by Gasteiger charge is 2.12. The monoisotopic (exact) mass is 357 g/mol. The Hall–Kier alpha value is -3.81. The van der Waals surface area contributed by atoms with Crippen molar-refractivity contribution in [2.45, 2.75) is 13.0 Å². The third kappa shape index (κ3) is 2.67. The number of fused-ring (bicyclic) bond motifs is 2. The van der Waals surface area contributed by atoms with Crippen LogP contribution in [0.3, 0.4) is 0 Å². The molecular formula is C19H15N7O. The highest BCUT2D eigenvalue weighted by atomic mass is 16.1. The molecule has 0 unspecified atom stereocenters. The fourth-order valence-electron chi connectivity index (χ4n) is 3.17. The van der Waals surface area contributed by atoms with Crippen LogP contribution in [0.1, 0.15) is 5.56 Å². The predicted molar refractivity (Wildman–Crippen MR) is 101 cm³/mol. The molecule has 0 aliphatic rings. The topological polar surface area (TPSA) is 94.3 Å². The summed E-state index contributed by atoms with van der Waals surface area (Å²) in [4.78, 5) is 32.6. The van der Waals surface area contributed by atoms with E-state index in [0.717, 1.165) is 16.6 Å². The Morgan fingerprint density at radius 3 is 2.78 bits per heavy atom. The molecule has 4 aromatic heterocycles. The quantitative estimate of drug-likeness (QED) is 0.531. The summed E-state index contributed by atoms with van der Waals surface area (Å²) in [7, 11) is 0. The van der Waals surface area contributed by atoms with Crippen molar-refractivity contribution in [3.63, 3.8) is 0 Å². The van der Waals surface area contributed by atoms with E-state index in [2.05, 4.69) is 24.9 Å². The van der Waals surface area contributed by atoms with Crippen LogP contribution in [0.5, 0.6) is 0 Å². The van der Waals surface area contributed by atoms with E-state index in [1.54, 1.807) is 29.5 Å². The molecule has 0 spiro atoms. The molecule has 0 aliphatic carbocycles. The minimum absolute atomic E-state index is 0.194. The molecule has 0 bridgehead atoms. The Labute approximate surface area is 153 Å². The fraction of sp³-hybridized carbons (Fsp3) is 0.105. The molecule has 8 nitrogen and oxygen atoms in total. The Bertz CT molecular complexity index is 1300. The SMILES string of the molecule is O=c1[nH]c2cnc(-n3cnc4ccccc43)nc2n1CCc1ccncc1. The molecular weight excluding hydrogens is 342 g/mol. The zero-order valence-corrected chi connectivity index (χ0v) is 14.3. The lowest BCUT2D eigenvalue weighted by atomic mass is 10.2. The Kier molecular flexibility index (Phi) is 3.53. The van der Waals surface area contributed by atoms with Crippen molar-refractivity contribution in [1.82, 2.24) is 34.1 Å². The largest absolute Gasteiger partial charge is 0.327 e. The molecule has 0 amide bonds. The third-order valence-corrected chi connectivity index (χ3v) is 4.54. The standard InChI is InChI=1S/C19H15N7O/c27-19-23-15-11-21-18(26-12-22-14-3-1-2-4-16(14)26)24-17(15)25(19)10-7-13-5-8-20-9-6-13/h1-6,8-9,11-12H,7,10H2,(H,23,27). The van der Waals surface area contributed by atoms with Gasteiger partial charge in [0.25, 0.3) is 0 Å². The van der Waals surface area contributed by atoms with Gasteiger partial charge in [0, 0.05) is 18.9 Å². The highest BCUT2D eigenvalue weighted by Crippen LogP contribution is 2.17. The number of aryl methyl sites for hydroxylation is 2. The average molecular weight is 357 g/mol. The number of imidazole rings is 2. The van der Waals surface area contributed by atoms with Crippen molar-refractivity contribution in [3.8, 4) is 5.95 Å². The van der Waals surface area contributed by atoms with Gasteiger partial charge in [0.2, 0.25) is 5.95 Å². The fourth-order valence-corrected chi connectivity index (χ4v) is 3.17. The number of nitrogens with one attached hydrogen (secondary N) is 1. The number of pyridine rings is 1. The molecule has 0 saturated carbocycles. The smallest absolute Gasteiger partial charge is 0.303 e. The van der Waals surface area contributed by atoms with E-state index in [0.29, 0.717) is 30.1 Å². The number of hydrogen-bond acceptors (Lipinski definition) is 5. The van der Waals surface area contributed by atoms with Crippen molar-refractivity contribution in [1.29, 1.82) is 0 Å². The van der Waals surface area contributed by atoms with Gasteiger partial charge < -0.3 is 4.98 Å². The lowest BCUT2D eigenvalue weighted by molar-refractivity contribution is 0.683. The van der Waals surface area contributed by atoms with E-state index in [4.69, 9.17) is 0 Å². The van der Waals surface area contributed by atoms with Gasteiger partial charge in [-0.15, -0.1) is 0 Å². The van der Waals surface area contributed by atoms with Gasteiger partial charge in [-0.05, 0) is 36.2 Å². The number of aromatic nitrogens is 7. The zero-order chi connectivity index (χ0) is 18.2. The number of benzene rings is 1. The van der Waals surface area contributed by atoms with Gasteiger partial charge in [-0.2, -0.15) is 4.98 Å². The molecule has 0 aliphatic heterocycles. The Morgan fingerprint density at radius 2 is 1.89 bits per heavy atom. The van der Waals surface area contributed by atoms with Crippen LogP contribution in [0.15, 0.2) is 66.1 Å². The summed E-state index contributed by atoms with van der Waals surface area (Å²) < 4.78 is 3.46. The number of rotatable bonds is 4. The summed E-state index contributed by atoms with van der Waals surface area (Å²) >= 11 is 0. The van der Waals surface area contributed by atoms with Gasteiger partial charge in [-0.1, -0.05) is 12.1 Å². The number of H-pyrrole nitrogens is 1. The van der Waals surface area contributed by atoms with Crippen molar-refractivity contribution in [2.75, 3.05) is 0 Å². The molecule has 132 valence electrons. The van der Waals surface area contributed by atoms with E-state index >= 15 is 0 Å². The molecule has 0 radical (unpaired) electrons. The molecule has 1 N–H and O–H groups in total. The van der Waals surface area contributed by atoms with Crippen molar-refractivity contribution in [2.24, 2.45) is 0 Å². The summed E-state index contributed by atoms with van der Waals surface area (Å²) in [5.74, 6) is 0.480. The van der Waals surface area contributed by atoms with Gasteiger partial charge in [0.1, 0.15) is 11.8 Å². The normalized spacial score (nSPS) is 11.4. The second-order valence-electron chi connectivity index (χ2n) is 6.20. The maximum atomic E-state index is 12.4. The Balaban J connectivity index is 1.58. The first-order valence-electron chi connectivity index (χ1n) is 8.56. The van der Waals surface area contributed by atoms with Crippen LogP contribution >= 0.6 is 0 Å². The molecule has 1 aromatic carbocycles. The van der Waals surface area contributed by atoms with Crippen molar-refractivity contribution >= 4 is 22.2 Å². The van der Waals surface area contributed by atoms with Crippen LogP contribution in [0, 0.1) is 0 Å². The van der Waals surface area contributed by atoms with Gasteiger partial charge in [-0.3, -0.25) is 14.1 Å². The van der Waals surface area contributed by atoms with Crippen LogP contribution in [0.4, 0.5) is 0 Å². The highest BCUT2D eigenvalue weighted by molar-refractivity contribution is 5.77. The van der Waals surface area contributed by atoms with Crippen molar-refractivity contribution < 1.29 is 0 Å². The second kappa shape index (κ2) is 6.17. The number of hydrogen-bond donors (Lipinski definition) is 1. The van der Waals surface area contributed by atoms with Crippen LogP contribution in [0.25, 0.3) is 28.1 Å². The summed E-state index contributed by atoms with van der Waals surface area (Å²) in [5.41, 5.74) is 3.89. The van der Waals surface area contributed by atoms with Gasteiger partial charge >= 0.3 is 5.69 Å². The molecule has 5 aromatic rings. The first-order valence-corrected chi connectivity index (χ1v) is 8.56. The van der Waals surface area contributed by atoms with E-state index in [1.165, 1.54) is 0 Å². The predicted octanol–water partition coefficient (Wildman–Crippen LogP) is 2.10. The number of aromatic amines is 1.